The van der Waals surface area contributed by atoms with Gasteiger partial charge in [0.25, 0.3) is 0 Å². The van der Waals surface area contributed by atoms with E-state index in [0.717, 1.165) is 12.1 Å². The summed E-state index contributed by atoms with van der Waals surface area (Å²) in [5.41, 5.74) is 0.729. The highest BCUT2D eigenvalue weighted by Gasteiger charge is 2.23. The summed E-state index contributed by atoms with van der Waals surface area (Å²) in [6.45, 7) is -0.515. The van der Waals surface area contributed by atoms with Crippen molar-refractivity contribution in [1.82, 2.24) is 5.16 Å². The van der Waals surface area contributed by atoms with Crippen LogP contribution in [-0.4, -0.2) is 17.4 Å². The Labute approximate surface area is 135 Å². The third-order valence-corrected chi connectivity index (χ3v) is 3.59. The van der Waals surface area contributed by atoms with Gasteiger partial charge in [-0.1, -0.05) is 5.16 Å². The maximum Gasteiger partial charge on any atom is 0.195 e. The number of aliphatic hydroxyl groups excluding tert-OH is 1. The van der Waals surface area contributed by atoms with Gasteiger partial charge >= 0.3 is 0 Å². The van der Waals surface area contributed by atoms with Crippen molar-refractivity contribution in [3.8, 4) is 28.3 Å². The molecule has 0 aliphatic carbocycles. The van der Waals surface area contributed by atoms with E-state index < -0.39 is 24.1 Å². The van der Waals surface area contributed by atoms with Crippen molar-refractivity contribution in [1.29, 1.82) is 0 Å². The molecule has 0 amide bonds. The van der Waals surface area contributed by atoms with Gasteiger partial charge in [-0.2, -0.15) is 0 Å². The van der Waals surface area contributed by atoms with Crippen LogP contribution in [0.4, 0.5) is 13.2 Å². The van der Waals surface area contributed by atoms with E-state index in [0.29, 0.717) is 11.3 Å². The van der Waals surface area contributed by atoms with Gasteiger partial charge in [0.15, 0.2) is 23.2 Å². The van der Waals surface area contributed by atoms with Crippen molar-refractivity contribution in [3.05, 3.63) is 59.4 Å². The van der Waals surface area contributed by atoms with Crippen LogP contribution in [0.1, 0.15) is 5.56 Å². The van der Waals surface area contributed by atoms with Crippen LogP contribution in [0.5, 0.6) is 5.75 Å². The molecule has 2 aromatic carbocycles. The Morgan fingerprint density at radius 2 is 1.75 bits per heavy atom. The van der Waals surface area contributed by atoms with E-state index in [-0.39, 0.29) is 22.6 Å². The predicted octanol–water partition coefficient (Wildman–Crippen LogP) is 3.93. The maximum atomic E-state index is 14.0. The Balaban J connectivity index is 2.12. The number of hydrogen-bond donors (Lipinski definition) is 1. The minimum Gasteiger partial charge on any atom is -0.497 e. The third kappa shape index (κ3) is 2.63. The Bertz CT molecular complexity index is 876. The van der Waals surface area contributed by atoms with Crippen LogP contribution in [0.2, 0.25) is 0 Å². The van der Waals surface area contributed by atoms with Crippen molar-refractivity contribution in [2.45, 2.75) is 6.61 Å². The lowest BCUT2D eigenvalue weighted by atomic mass is 10.0. The average molecular weight is 335 g/mol. The molecule has 0 atom stereocenters. The summed E-state index contributed by atoms with van der Waals surface area (Å²) in [5, 5.41) is 13.4. The van der Waals surface area contributed by atoms with Crippen LogP contribution in [-0.2, 0) is 6.61 Å². The van der Waals surface area contributed by atoms with Crippen LogP contribution in [0.15, 0.2) is 40.9 Å². The zero-order chi connectivity index (χ0) is 17.3. The molecule has 0 aliphatic heterocycles. The molecule has 0 spiro atoms. The molecule has 4 nitrogen and oxygen atoms in total. The Morgan fingerprint density at radius 3 is 2.38 bits per heavy atom. The van der Waals surface area contributed by atoms with Gasteiger partial charge in [-0.25, -0.2) is 13.2 Å². The van der Waals surface area contributed by atoms with Crippen molar-refractivity contribution in [2.24, 2.45) is 0 Å². The van der Waals surface area contributed by atoms with E-state index in [4.69, 9.17) is 9.26 Å². The number of rotatable bonds is 4. The molecule has 0 saturated carbocycles. The summed E-state index contributed by atoms with van der Waals surface area (Å²) in [6, 6.07) is 8.55. The molecule has 124 valence electrons. The highest BCUT2D eigenvalue weighted by atomic mass is 19.2. The van der Waals surface area contributed by atoms with Crippen molar-refractivity contribution < 1.29 is 27.5 Å². The van der Waals surface area contributed by atoms with Gasteiger partial charge in [-0.15, -0.1) is 0 Å². The van der Waals surface area contributed by atoms with E-state index in [1.807, 2.05) is 0 Å². The average Bonchev–Trinajstić information content (AvgIpc) is 3.03. The molecule has 0 saturated heterocycles. The molecule has 7 heteroatoms. The summed E-state index contributed by atoms with van der Waals surface area (Å²) in [4.78, 5) is 0. The first kappa shape index (κ1) is 16.1. The molecule has 0 unspecified atom stereocenters. The zero-order valence-corrected chi connectivity index (χ0v) is 12.5. The standard InChI is InChI=1S/C17H12F3NO3/c1-23-10-4-2-9(3-5-10)16-12(8-22)17(24-21-16)11-6-7-13(18)15(20)14(11)19/h2-7,22H,8H2,1H3. The SMILES string of the molecule is COc1ccc(-c2noc(-c3ccc(F)c(F)c3F)c2CO)cc1. The molecular formula is C17H12F3NO3. The summed E-state index contributed by atoms with van der Waals surface area (Å²) in [5.74, 6) is -3.85. The first-order valence-electron chi connectivity index (χ1n) is 6.94. The second-order valence-corrected chi connectivity index (χ2v) is 4.95. The van der Waals surface area contributed by atoms with E-state index in [2.05, 4.69) is 5.16 Å². The monoisotopic (exact) mass is 335 g/mol. The van der Waals surface area contributed by atoms with Crippen LogP contribution >= 0.6 is 0 Å². The van der Waals surface area contributed by atoms with Gasteiger partial charge < -0.3 is 14.4 Å². The van der Waals surface area contributed by atoms with Crippen LogP contribution in [0, 0.1) is 17.5 Å². The van der Waals surface area contributed by atoms with E-state index in [1.54, 1.807) is 24.3 Å². The molecule has 0 radical (unpaired) electrons. The van der Waals surface area contributed by atoms with Crippen molar-refractivity contribution in [3.63, 3.8) is 0 Å². The predicted molar refractivity (Wildman–Crippen MR) is 79.7 cm³/mol. The fourth-order valence-electron chi connectivity index (χ4n) is 2.34. The number of nitrogens with zero attached hydrogens (tertiary/aromatic N) is 1. The van der Waals surface area contributed by atoms with E-state index in [1.165, 1.54) is 7.11 Å². The molecule has 0 aliphatic rings. The quantitative estimate of drug-likeness (QED) is 0.734. The number of hydrogen-bond acceptors (Lipinski definition) is 4. The van der Waals surface area contributed by atoms with Crippen molar-refractivity contribution >= 4 is 0 Å². The molecule has 0 fully saturated rings. The molecule has 24 heavy (non-hydrogen) atoms. The summed E-state index contributed by atoms with van der Waals surface area (Å²) in [7, 11) is 1.52. The number of halogens is 3. The largest absolute Gasteiger partial charge is 0.497 e. The molecule has 0 bridgehead atoms. The summed E-state index contributed by atoms with van der Waals surface area (Å²) in [6.07, 6.45) is 0. The summed E-state index contributed by atoms with van der Waals surface area (Å²) >= 11 is 0. The summed E-state index contributed by atoms with van der Waals surface area (Å²) < 4.78 is 50.6. The molecule has 1 aromatic heterocycles. The minimum atomic E-state index is -1.61. The van der Waals surface area contributed by atoms with Gasteiger partial charge in [-0.3, -0.25) is 0 Å². The number of ether oxygens (including phenoxy) is 1. The van der Waals surface area contributed by atoms with Crippen LogP contribution in [0.25, 0.3) is 22.6 Å². The number of aliphatic hydroxyl groups is 1. The van der Waals surface area contributed by atoms with Crippen molar-refractivity contribution in [2.75, 3.05) is 7.11 Å². The molecule has 1 N–H and O–H groups in total. The van der Waals surface area contributed by atoms with E-state index in [9.17, 15) is 18.3 Å². The lowest BCUT2D eigenvalue weighted by Gasteiger charge is -2.04. The zero-order valence-electron chi connectivity index (χ0n) is 12.5. The minimum absolute atomic E-state index is 0.153. The second kappa shape index (κ2) is 6.37. The van der Waals surface area contributed by atoms with Crippen LogP contribution in [0.3, 0.4) is 0 Å². The molecule has 1 heterocycles. The Morgan fingerprint density at radius 1 is 1.04 bits per heavy atom. The van der Waals surface area contributed by atoms with Crippen LogP contribution < -0.4 is 4.74 Å². The molecule has 3 aromatic rings. The molecule has 3 rings (SSSR count). The molecular weight excluding hydrogens is 323 g/mol. The van der Waals surface area contributed by atoms with E-state index >= 15 is 0 Å². The van der Waals surface area contributed by atoms with Gasteiger partial charge in [0.1, 0.15) is 11.4 Å². The fourth-order valence-corrected chi connectivity index (χ4v) is 2.34. The second-order valence-electron chi connectivity index (χ2n) is 4.95. The fraction of sp³-hybridized carbons (Fsp3) is 0.118. The lowest BCUT2D eigenvalue weighted by Crippen LogP contribution is -1.96. The number of aromatic nitrogens is 1. The first-order chi connectivity index (χ1) is 11.6. The Hall–Kier alpha value is -2.80. The van der Waals surface area contributed by atoms with Gasteiger partial charge in [0, 0.05) is 5.56 Å². The first-order valence-corrected chi connectivity index (χ1v) is 6.94. The van der Waals surface area contributed by atoms with Gasteiger partial charge in [-0.05, 0) is 36.4 Å². The number of methoxy groups -OCH3 is 1. The Kier molecular flexibility index (Phi) is 4.26. The topological polar surface area (TPSA) is 55.5 Å². The normalized spacial score (nSPS) is 10.9. The lowest BCUT2D eigenvalue weighted by molar-refractivity contribution is 0.281. The highest BCUT2D eigenvalue weighted by Crippen LogP contribution is 2.35. The maximum absolute atomic E-state index is 14.0. The highest BCUT2D eigenvalue weighted by molar-refractivity contribution is 5.73. The number of benzene rings is 2. The van der Waals surface area contributed by atoms with Gasteiger partial charge in [0.05, 0.1) is 24.8 Å². The van der Waals surface area contributed by atoms with Gasteiger partial charge in [0.2, 0.25) is 0 Å². The third-order valence-electron chi connectivity index (χ3n) is 3.59. The smallest absolute Gasteiger partial charge is 0.195 e.